The number of sulfone groups is 1. The first kappa shape index (κ1) is 16.1. The van der Waals surface area contributed by atoms with E-state index in [1.165, 1.54) is 0 Å². The Labute approximate surface area is 87.6 Å². The number of allylic oxidation sites excluding steroid dienone is 1. The van der Waals surface area contributed by atoms with E-state index in [0.717, 1.165) is 0 Å². The lowest BCUT2D eigenvalue weighted by atomic mass is 10.3. The molecule has 0 unspecified atom stereocenters. The largest absolute Gasteiger partial charge is 0.501 e. The van der Waals surface area contributed by atoms with Crippen LogP contribution < -0.4 is 0 Å². The van der Waals surface area contributed by atoms with Crippen molar-refractivity contribution in [1.29, 1.82) is 0 Å². The van der Waals surface area contributed by atoms with Crippen LogP contribution >= 0.6 is 0 Å². The quantitative estimate of drug-likeness (QED) is 0.697. The summed E-state index contributed by atoms with van der Waals surface area (Å²) in [5.74, 6) is 0. The van der Waals surface area contributed by atoms with Gasteiger partial charge in [-0.15, -0.1) is 0 Å². The summed E-state index contributed by atoms with van der Waals surface area (Å²) < 4.78 is 125. The van der Waals surface area contributed by atoms with E-state index < -0.39 is 38.7 Å². The summed E-state index contributed by atoms with van der Waals surface area (Å²) in [6.07, 6.45) is -12.5. The van der Waals surface area contributed by atoms with Gasteiger partial charge in [-0.1, -0.05) is 0 Å². The fourth-order valence-electron chi connectivity index (χ4n) is 0.516. The van der Waals surface area contributed by atoms with Crippen LogP contribution in [0.2, 0.25) is 0 Å². The molecule has 0 rings (SSSR count). The maximum absolute atomic E-state index is 11.7. The third-order valence-electron chi connectivity index (χ3n) is 1.21. The molecule has 0 saturated carbocycles. The van der Waals surface area contributed by atoms with Gasteiger partial charge < -0.3 is 0 Å². The molecule has 17 heavy (non-hydrogen) atoms. The molecule has 0 spiro atoms. The summed E-state index contributed by atoms with van der Waals surface area (Å²) in [4.78, 5) is 0. The minimum absolute atomic E-state index is 1.88. The standard InChI is InChI=1S/C5HF9O2S/c6-3(7,8)2(4(9,10)11)1-17(15,16)5(12,13)14/h1H. The van der Waals surface area contributed by atoms with Gasteiger partial charge in [0.25, 0.3) is 9.84 Å². The Morgan fingerprint density at radius 1 is 0.765 bits per heavy atom. The van der Waals surface area contributed by atoms with Gasteiger partial charge in [0.15, 0.2) is 0 Å². The second-order valence-corrected chi connectivity index (χ2v) is 4.31. The highest BCUT2D eigenvalue weighted by atomic mass is 32.2. The van der Waals surface area contributed by atoms with Crippen molar-refractivity contribution in [2.75, 3.05) is 0 Å². The van der Waals surface area contributed by atoms with E-state index in [0.29, 0.717) is 0 Å². The number of rotatable bonds is 1. The van der Waals surface area contributed by atoms with Gasteiger partial charge in [-0.05, 0) is 0 Å². The number of hydrogen-bond donors (Lipinski definition) is 0. The van der Waals surface area contributed by atoms with Crippen LogP contribution in [0.15, 0.2) is 11.0 Å². The second kappa shape index (κ2) is 4.07. The van der Waals surface area contributed by atoms with Crippen molar-refractivity contribution in [1.82, 2.24) is 0 Å². The third-order valence-corrected chi connectivity index (χ3v) is 2.40. The van der Waals surface area contributed by atoms with Crippen LogP contribution in [0.5, 0.6) is 0 Å². The number of hydrogen-bond acceptors (Lipinski definition) is 2. The molecule has 0 N–H and O–H groups in total. The maximum atomic E-state index is 11.7. The molecular weight excluding hydrogens is 295 g/mol. The Balaban J connectivity index is 5.87. The third kappa shape index (κ3) is 4.09. The maximum Gasteiger partial charge on any atom is 0.501 e. The summed E-state index contributed by atoms with van der Waals surface area (Å²) in [5.41, 5.74) is -9.99. The molecule has 0 aliphatic heterocycles. The van der Waals surface area contributed by atoms with Crippen LogP contribution in [0.1, 0.15) is 0 Å². The van der Waals surface area contributed by atoms with E-state index in [-0.39, 0.29) is 0 Å². The van der Waals surface area contributed by atoms with Crippen molar-refractivity contribution in [3.8, 4) is 0 Å². The smallest absolute Gasteiger partial charge is 0.215 e. The molecule has 0 aliphatic carbocycles. The lowest BCUT2D eigenvalue weighted by Crippen LogP contribution is -2.30. The van der Waals surface area contributed by atoms with Crippen molar-refractivity contribution in [2.45, 2.75) is 17.9 Å². The molecule has 0 heterocycles. The molecule has 0 aromatic rings. The summed E-state index contributed by atoms with van der Waals surface area (Å²) in [6, 6.07) is 0. The fourth-order valence-corrected chi connectivity index (χ4v) is 1.23. The van der Waals surface area contributed by atoms with Crippen LogP contribution in [0.4, 0.5) is 39.5 Å². The first-order chi connectivity index (χ1) is 7.09. The SMILES string of the molecule is O=S(=O)(C=C(C(F)(F)F)C(F)(F)F)C(F)(F)F. The van der Waals surface area contributed by atoms with E-state index in [1.54, 1.807) is 0 Å². The van der Waals surface area contributed by atoms with Gasteiger partial charge in [0.05, 0.1) is 5.41 Å². The van der Waals surface area contributed by atoms with Crippen molar-refractivity contribution >= 4 is 9.84 Å². The molecule has 0 aliphatic rings. The van der Waals surface area contributed by atoms with Gasteiger partial charge in [-0.25, -0.2) is 8.42 Å². The van der Waals surface area contributed by atoms with Crippen molar-refractivity contribution in [3.63, 3.8) is 0 Å². The topological polar surface area (TPSA) is 34.1 Å². The van der Waals surface area contributed by atoms with Gasteiger partial charge in [-0.3, -0.25) is 0 Å². The van der Waals surface area contributed by atoms with E-state index in [1.807, 2.05) is 0 Å². The molecule has 102 valence electrons. The Bertz CT molecular complexity index is 390. The zero-order valence-electron chi connectivity index (χ0n) is 7.20. The molecular formula is C5HF9O2S. The zero-order chi connectivity index (χ0) is 14.3. The van der Waals surface area contributed by atoms with Crippen molar-refractivity contribution in [2.24, 2.45) is 0 Å². The number of alkyl halides is 9. The summed E-state index contributed by atoms with van der Waals surface area (Å²) in [7, 11) is -6.67. The van der Waals surface area contributed by atoms with Crippen LogP contribution in [-0.4, -0.2) is 26.3 Å². The highest BCUT2D eigenvalue weighted by Crippen LogP contribution is 2.40. The van der Waals surface area contributed by atoms with Crippen molar-refractivity contribution < 1.29 is 47.9 Å². The normalized spacial score (nSPS) is 14.6. The summed E-state index contributed by atoms with van der Waals surface area (Å²) in [5, 5.41) is -1.88. The zero-order valence-corrected chi connectivity index (χ0v) is 8.02. The van der Waals surface area contributed by atoms with Crippen LogP contribution in [-0.2, 0) is 9.84 Å². The van der Waals surface area contributed by atoms with E-state index in [9.17, 15) is 47.9 Å². The Kier molecular flexibility index (Phi) is 3.84. The molecule has 0 atom stereocenters. The molecule has 12 heteroatoms. The number of halogens is 9. The van der Waals surface area contributed by atoms with E-state index in [4.69, 9.17) is 0 Å². The predicted octanol–water partition coefficient (Wildman–Crippen LogP) is 2.93. The van der Waals surface area contributed by atoms with Crippen LogP contribution in [0.25, 0.3) is 0 Å². The first-order valence-electron chi connectivity index (χ1n) is 3.26. The molecule has 0 fully saturated rings. The van der Waals surface area contributed by atoms with Gasteiger partial charge in [0.2, 0.25) is 0 Å². The van der Waals surface area contributed by atoms with Gasteiger partial charge in [-0.2, -0.15) is 39.5 Å². The second-order valence-electron chi connectivity index (χ2n) is 2.52. The highest BCUT2D eigenvalue weighted by Gasteiger charge is 2.55. The molecule has 0 aromatic heterocycles. The molecule has 0 bridgehead atoms. The molecule has 0 radical (unpaired) electrons. The monoisotopic (exact) mass is 296 g/mol. The molecule has 0 saturated heterocycles. The van der Waals surface area contributed by atoms with Gasteiger partial charge >= 0.3 is 17.9 Å². The Hall–Kier alpha value is -0.940. The average Bonchev–Trinajstić information content (AvgIpc) is 1.93. The molecule has 0 aromatic carbocycles. The van der Waals surface area contributed by atoms with E-state index in [2.05, 4.69) is 0 Å². The van der Waals surface area contributed by atoms with Crippen LogP contribution in [0, 0.1) is 0 Å². The first-order valence-corrected chi connectivity index (χ1v) is 4.81. The minimum Gasteiger partial charge on any atom is -0.215 e. The predicted molar refractivity (Wildman–Crippen MR) is 35.2 cm³/mol. The lowest BCUT2D eigenvalue weighted by molar-refractivity contribution is -0.171. The van der Waals surface area contributed by atoms with Crippen LogP contribution in [0.3, 0.4) is 0 Å². The minimum atomic E-state index is -6.67. The molecule has 2 nitrogen and oxygen atoms in total. The molecule has 0 amide bonds. The van der Waals surface area contributed by atoms with Crippen molar-refractivity contribution in [3.05, 3.63) is 11.0 Å². The average molecular weight is 296 g/mol. The van der Waals surface area contributed by atoms with E-state index >= 15 is 0 Å². The summed E-state index contributed by atoms with van der Waals surface area (Å²) >= 11 is 0. The lowest BCUT2D eigenvalue weighted by Gasteiger charge is -2.15. The Morgan fingerprint density at radius 3 is 1.24 bits per heavy atom. The Morgan fingerprint density at radius 2 is 1.06 bits per heavy atom. The van der Waals surface area contributed by atoms with Gasteiger partial charge in [0, 0.05) is 0 Å². The van der Waals surface area contributed by atoms with Gasteiger partial charge in [0.1, 0.15) is 5.57 Å². The summed E-state index contributed by atoms with van der Waals surface area (Å²) in [6.45, 7) is 0. The highest BCUT2D eigenvalue weighted by molar-refractivity contribution is 7.95. The fraction of sp³-hybridized carbons (Fsp3) is 0.600.